The first-order chi connectivity index (χ1) is 6.15. The molecule has 68 valence electrons. The molecule has 0 bridgehead atoms. The van der Waals surface area contributed by atoms with E-state index in [-0.39, 0.29) is 0 Å². The van der Waals surface area contributed by atoms with Gasteiger partial charge in [0.25, 0.3) is 0 Å². The molecule has 1 rings (SSSR count). The molecule has 0 aliphatic heterocycles. The number of aryl methyl sites for hydroxylation is 2. The van der Waals surface area contributed by atoms with Crippen LogP contribution in [0.3, 0.4) is 0 Å². The van der Waals surface area contributed by atoms with E-state index >= 15 is 0 Å². The van der Waals surface area contributed by atoms with Gasteiger partial charge in [0.15, 0.2) is 0 Å². The average Bonchev–Trinajstić information content (AvgIpc) is 2.09. The SMILES string of the molecule is C#CCC(O)c1cc(C)ccc1C. The summed E-state index contributed by atoms with van der Waals surface area (Å²) in [6, 6.07) is 6.02. The third-order valence-corrected chi connectivity index (χ3v) is 2.10. The van der Waals surface area contributed by atoms with Crippen molar-refractivity contribution in [2.45, 2.75) is 26.4 Å². The van der Waals surface area contributed by atoms with Gasteiger partial charge in [-0.15, -0.1) is 12.3 Å². The van der Waals surface area contributed by atoms with Gasteiger partial charge in [-0.3, -0.25) is 0 Å². The minimum atomic E-state index is -0.523. The van der Waals surface area contributed by atoms with Gasteiger partial charge in [-0.2, -0.15) is 0 Å². The van der Waals surface area contributed by atoms with E-state index in [1.165, 1.54) is 0 Å². The third kappa shape index (κ3) is 2.34. The van der Waals surface area contributed by atoms with Gasteiger partial charge in [0, 0.05) is 6.42 Å². The van der Waals surface area contributed by atoms with E-state index in [9.17, 15) is 5.11 Å². The van der Waals surface area contributed by atoms with Crippen molar-refractivity contribution in [2.24, 2.45) is 0 Å². The normalized spacial score (nSPS) is 12.2. The van der Waals surface area contributed by atoms with Crippen LogP contribution >= 0.6 is 0 Å². The van der Waals surface area contributed by atoms with Crippen LogP contribution < -0.4 is 0 Å². The van der Waals surface area contributed by atoms with Crippen LogP contribution in [0.25, 0.3) is 0 Å². The first-order valence-corrected chi connectivity index (χ1v) is 4.34. The maximum absolute atomic E-state index is 9.68. The molecule has 1 aromatic carbocycles. The van der Waals surface area contributed by atoms with Gasteiger partial charge in [0.05, 0.1) is 6.10 Å². The van der Waals surface area contributed by atoms with Crippen LogP contribution in [0.4, 0.5) is 0 Å². The van der Waals surface area contributed by atoms with E-state index < -0.39 is 6.10 Å². The van der Waals surface area contributed by atoms with Crippen molar-refractivity contribution in [3.05, 3.63) is 34.9 Å². The van der Waals surface area contributed by atoms with Crippen molar-refractivity contribution in [3.8, 4) is 12.3 Å². The molecule has 13 heavy (non-hydrogen) atoms. The van der Waals surface area contributed by atoms with Gasteiger partial charge in [-0.05, 0) is 25.0 Å². The zero-order valence-electron chi connectivity index (χ0n) is 8.04. The lowest BCUT2D eigenvalue weighted by Gasteiger charge is -2.11. The molecule has 0 amide bonds. The zero-order chi connectivity index (χ0) is 9.84. The maximum Gasteiger partial charge on any atom is 0.0901 e. The summed E-state index contributed by atoms with van der Waals surface area (Å²) in [6.45, 7) is 3.99. The smallest absolute Gasteiger partial charge is 0.0901 e. The van der Waals surface area contributed by atoms with Gasteiger partial charge >= 0.3 is 0 Å². The number of hydrogen-bond acceptors (Lipinski definition) is 1. The van der Waals surface area contributed by atoms with Crippen molar-refractivity contribution >= 4 is 0 Å². The average molecular weight is 174 g/mol. The van der Waals surface area contributed by atoms with Crippen molar-refractivity contribution in [3.63, 3.8) is 0 Å². The first kappa shape index (κ1) is 9.83. The van der Waals surface area contributed by atoms with Gasteiger partial charge in [-0.1, -0.05) is 23.8 Å². The van der Waals surface area contributed by atoms with E-state index in [0.29, 0.717) is 6.42 Å². The summed E-state index contributed by atoms with van der Waals surface area (Å²) in [5.41, 5.74) is 3.18. The van der Waals surface area contributed by atoms with Crippen LogP contribution in [0.15, 0.2) is 18.2 Å². The Hall–Kier alpha value is -1.26. The van der Waals surface area contributed by atoms with Gasteiger partial charge in [-0.25, -0.2) is 0 Å². The number of benzene rings is 1. The predicted octanol–water partition coefficient (Wildman–Crippen LogP) is 2.36. The largest absolute Gasteiger partial charge is 0.387 e. The molecular weight excluding hydrogens is 160 g/mol. The van der Waals surface area contributed by atoms with Crippen LogP contribution in [-0.2, 0) is 0 Å². The Morgan fingerprint density at radius 1 is 1.46 bits per heavy atom. The third-order valence-electron chi connectivity index (χ3n) is 2.10. The standard InChI is InChI=1S/C12H14O/c1-4-5-12(13)11-8-9(2)6-7-10(11)3/h1,6-8,12-13H,5H2,2-3H3. The number of aliphatic hydroxyl groups is 1. The molecule has 0 spiro atoms. The van der Waals surface area contributed by atoms with Crippen LogP contribution in [0.5, 0.6) is 0 Å². The highest BCUT2D eigenvalue weighted by molar-refractivity contribution is 5.32. The fourth-order valence-corrected chi connectivity index (χ4v) is 1.34. The molecule has 1 nitrogen and oxygen atoms in total. The van der Waals surface area contributed by atoms with Crippen LogP contribution in [0.1, 0.15) is 29.2 Å². The first-order valence-electron chi connectivity index (χ1n) is 4.34. The Kier molecular flexibility index (Phi) is 3.11. The summed E-state index contributed by atoms with van der Waals surface area (Å²) in [5, 5.41) is 9.68. The Balaban J connectivity index is 3.00. The molecule has 0 saturated heterocycles. The number of aliphatic hydroxyl groups excluding tert-OH is 1. The molecule has 1 N–H and O–H groups in total. The molecule has 1 unspecified atom stereocenters. The predicted molar refractivity (Wildman–Crippen MR) is 54.3 cm³/mol. The minimum absolute atomic E-state index is 0.379. The highest BCUT2D eigenvalue weighted by Crippen LogP contribution is 2.21. The van der Waals surface area contributed by atoms with E-state index in [1.807, 2.05) is 32.0 Å². The fraction of sp³-hybridized carbons (Fsp3) is 0.333. The molecule has 0 heterocycles. The van der Waals surface area contributed by atoms with Crippen LogP contribution in [0.2, 0.25) is 0 Å². The molecular formula is C12H14O. The quantitative estimate of drug-likeness (QED) is 0.682. The molecule has 1 aromatic rings. The maximum atomic E-state index is 9.68. The lowest BCUT2D eigenvalue weighted by molar-refractivity contribution is 0.183. The molecule has 0 aliphatic rings. The monoisotopic (exact) mass is 174 g/mol. The Morgan fingerprint density at radius 2 is 2.15 bits per heavy atom. The van der Waals surface area contributed by atoms with E-state index in [4.69, 9.17) is 6.42 Å². The number of rotatable bonds is 2. The van der Waals surface area contributed by atoms with E-state index in [1.54, 1.807) is 0 Å². The van der Waals surface area contributed by atoms with Crippen molar-refractivity contribution in [1.82, 2.24) is 0 Å². The van der Waals surface area contributed by atoms with Crippen LogP contribution in [-0.4, -0.2) is 5.11 Å². The second kappa shape index (κ2) is 4.11. The minimum Gasteiger partial charge on any atom is -0.387 e. The van der Waals surface area contributed by atoms with Crippen LogP contribution in [0, 0.1) is 26.2 Å². The lowest BCUT2D eigenvalue weighted by Crippen LogP contribution is -1.99. The van der Waals surface area contributed by atoms with E-state index in [2.05, 4.69) is 5.92 Å². The molecule has 0 saturated carbocycles. The highest BCUT2D eigenvalue weighted by Gasteiger charge is 2.08. The molecule has 0 fully saturated rings. The summed E-state index contributed by atoms with van der Waals surface area (Å²) >= 11 is 0. The summed E-state index contributed by atoms with van der Waals surface area (Å²) in [7, 11) is 0. The molecule has 1 heteroatoms. The fourth-order valence-electron chi connectivity index (χ4n) is 1.34. The summed E-state index contributed by atoms with van der Waals surface area (Å²) in [5.74, 6) is 2.46. The second-order valence-corrected chi connectivity index (χ2v) is 3.28. The van der Waals surface area contributed by atoms with Crippen molar-refractivity contribution in [2.75, 3.05) is 0 Å². The van der Waals surface area contributed by atoms with Crippen molar-refractivity contribution in [1.29, 1.82) is 0 Å². The molecule has 1 atom stereocenters. The second-order valence-electron chi connectivity index (χ2n) is 3.28. The topological polar surface area (TPSA) is 20.2 Å². The van der Waals surface area contributed by atoms with Gasteiger partial charge in [0.2, 0.25) is 0 Å². The molecule has 0 aliphatic carbocycles. The molecule has 0 radical (unpaired) electrons. The zero-order valence-corrected chi connectivity index (χ0v) is 8.04. The Morgan fingerprint density at radius 3 is 2.77 bits per heavy atom. The van der Waals surface area contributed by atoms with Gasteiger partial charge < -0.3 is 5.11 Å². The number of terminal acetylenes is 1. The highest BCUT2D eigenvalue weighted by atomic mass is 16.3. The Bertz CT molecular complexity index is 333. The van der Waals surface area contributed by atoms with Gasteiger partial charge in [0.1, 0.15) is 0 Å². The van der Waals surface area contributed by atoms with Crippen molar-refractivity contribution < 1.29 is 5.11 Å². The summed E-state index contributed by atoms with van der Waals surface area (Å²) < 4.78 is 0. The van der Waals surface area contributed by atoms with E-state index in [0.717, 1.165) is 16.7 Å². The summed E-state index contributed by atoms with van der Waals surface area (Å²) in [4.78, 5) is 0. The summed E-state index contributed by atoms with van der Waals surface area (Å²) in [6.07, 6.45) is 5.00. The Labute approximate surface area is 79.4 Å². The molecule has 0 aromatic heterocycles. The lowest BCUT2D eigenvalue weighted by atomic mass is 9.99. The number of hydrogen-bond donors (Lipinski definition) is 1.